The van der Waals surface area contributed by atoms with Crippen LogP contribution in [0.25, 0.3) is 0 Å². The first-order valence-corrected chi connectivity index (χ1v) is 18.3. The van der Waals surface area contributed by atoms with Crippen LogP contribution < -0.4 is 23.7 Å². The van der Waals surface area contributed by atoms with E-state index < -0.39 is 0 Å². The molecular weight excluding hydrogens is 756 g/mol. The summed E-state index contributed by atoms with van der Waals surface area (Å²) < 4.78 is 33.0. The Kier molecular flexibility index (Phi) is 10.8. The number of hydrogen-bond acceptors (Lipinski definition) is 5. The lowest BCUT2D eigenvalue weighted by atomic mass is 9.89. The molecule has 50 heavy (non-hydrogen) atoms. The molecule has 0 heterocycles. The average molecular weight is 801 g/mol. The minimum atomic E-state index is 0.637. The number of benzene rings is 5. The summed E-state index contributed by atoms with van der Waals surface area (Å²) in [6.07, 6.45) is 3.22. The van der Waals surface area contributed by atoms with Crippen LogP contribution in [0, 0.1) is 20.8 Å². The van der Waals surface area contributed by atoms with Crippen molar-refractivity contribution in [2.45, 2.75) is 52.9 Å². The number of aryl methyl sites for hydroxylation is 3. The summed E-state index contributed by atoms with van der Waals surface area (Å²) >= 11 is 7.66. The van der Waals surface area contributed by atoms with E-state index in [1.165, 1.54) is 11.1 Å². The molecule has 260 valence electrons. The molecule has 1 aliphatic rings. The van der Waals surface area contributed by atoms with Crippen molar-refractivity contribution in [3.05, 3.63) is 142 Å². The van der Waals surface area contributed by atoms with Gasteiger partial charge in [-0.15, -0.1) is 0 Å². The molecule has 0 atom stereocenters. The molecule has 0 saturated heterocycles. The SMILES string of the molecule is COc1c2cc(C)cc1Cc1cc(Br)cc(c1OC)Cc1cc(C)cc(c1OC)Cc1cc(Br)cc(c1OC)Cc1cc(C)cc(c1OC)C2. The van der Waals surface area contributed by atoms with E-state index in [-0.39, 0.29) is 0 Å². The molecular formula is C43H44Br2O5. The van der Waals surface area contributed by atoms with Crippen LogP contribution in [0.2, 0.25) is 0 Å². The maximum Gasteiger partial charge on any atom is 0.125 e. The number of rotatable bonds is 5. The highest BCUT2D eigenvalue weighted by Gasteiger charge is 2.23. The molecule has 0 radical (unpaired) electrons. The van der Waals surface area contributed by atoms with Gasteiger partial charge in [0.2, 0.25) is 0 Å². The minimum absolute atomic E-state index is 0.637. The van der Waals surface area contributed by atoms with Gasteiger partial charge in [-0.05, 0) is 78.4 Å². The van der Waals surface area contributed by atoms with Crippen LogP contribution in [0.5, 0.6) is 28.7 Å². The van der Waals surface area contributed by atoms with Gasteiger partial charge >= 0.3 is 0 Å². The second kappa shape index (κ2) is 15.1. The highest BCUT2D eigenvalue weighted by molar-refractivity contribution is 9.10. The maximum absolute atomic E-state index is 6.21. The summed E-state index contributed by atoms with van der Waals surface area (Å²) in [7, 11) is 8.79. The topological polar surface area (TPSA) is 46.2 Å². The molecule has 0 aliphatic heterocycles. The fourth-order valence-electron chi connectivity index (χ4n) is 7.86. The van der Waals surface area contributed by atoms with Crippen LogP contribution in [0.4, 0.5) is 0 Å². The lowest BCUT2D eigenvalue weighted by Gasteiger charge is -2.22. The van der Waals surface area contributed by atoms with Gasteiger partial charge in [-0.3, -0.25) is 0 Å². The molecule has 10 bridgehead atoms. The van der Waals surface area contributed by atoms with Crippen LogP contribution in [-0.4, -0.2) is 35.5 Å². The zero-order chi connectivity index (χ0) is 35.7. The molecule has 0 N–H and O–H groups in total. The monoisotopic (exact) mass is 798 g/mol. The van der Waals surface area contributed by atoms with Gasteiger partial charge in [-0.1, -0.05) is 84.9 Å². The van der Waals surface area contributed by atoms with E-state index >= 15 is 0 Å². The van der Waals surface area contributed by atoms with Gasteiger partial charge in [-0.2, -0.15) is 0 Å². The Morgan fingerprint density at radius 3 is 0.640 bits per heavy atom. The molecule has 0 fully saturated rings. The second-order valence-corrected chi connectivity index (χ2v) is 15.1. The molecule has 0 spiro atoms. The van der Waals surface area contributed by atoms with Crippen molar-refractivity contribution < 1.29 is 23.7 Å². The van der Waals surface area contributed by atoms with Crippen LogP contribution in [0.1, 0.15) is 72.3 Å². The average Bonchev–Trinajstić information content (AvgIpc) is 3.04. The number of ether oxygens (including phenoxy) is 5. The third-order valence-corrected chi connectivity index (χ3v) is 10.4. The fourth-order valence-corrected chi connectivity index (χ4v) is 8.96. The Hall–Kier alpha value is -3.94. The fraction of sp³-hybridized carbons (Fsp3) is 0.302. The number of fused-ring (bicyclic) bond motifs is 10. The molecule has 5 nitrogen and oxygen atoms in total. The Morgan fingerprint density at radius 2 is 0.480 bits per heavy atom. The van der Waals surface area contributed by atoms with Gasteiger partial charge in [0.1, 0.15) is 28.7 Å². The smallest absolute Gasteiger partial charge is 0.125 e. The number of hydrogen-bond donors (Lipinski definition) is 0. The summed E-state index contributed by atoms with van der Waals surface area (Å²) in [4.78, 5) is 0. The predicted molar refractivity (Wildman–Crippen MR) is 209 cm³/mol. The quantitative estimate of drug-likeness (QED) is 0.174. The summed E-state index contributed by atoms with van der Waals surface area (Å²) in [5, 5.41) is 0. The van der Waals surface area contributed by atoms with Crippen LogP contribution in [-0.2, 0) is 32.1 Å². The first-order chi connectivity index (χ1) is 24.0. The van der Waals surface area contributed by atoms with E-state index in [0.29, 0.717) is 32.1 Å². The number of halogens is 2. The molecule has 5 aromatic rings. The van der Waals surface area contributed by atoms with Gasteiger partial charge < -0.3 is 23.7 Å². The molecule has 6 rings (SSSR count). The largest absolute Gasteiger partial charge is 0.496 e. The Labute approximate surface area is 313 Å². The van der Waals surface area contributed by atoms with E-state index in [4.69, 9.17) is 23.7 Å². The van der Waals surface area contributed by atoms with Crippen molar-refractivity contribution in [1.29, 1.82) is 0 Å². The normalized spacial score (nSPS) is 12.6. The van der Waals surface area contributed by atoms with E-state index in [1.807, 2.05) is 0 Å². The van der Waals surface area contributed by atoms with Gasteiger partial charge in [0.05, 0.1) is 35.5 Å². The highest BCUT2D eigenvalue weighted by atomic mass is 79.9. The summed E-state index contributed by atoms with van der Waals surface area (Å²) in [5.74, 6) is 4.35. The van der Waals surface area contributed by atoms with Crippen molar-refractivity contribution in [2.75, 3.05) is 35.5 Å². The van der Waals surface area contributed by atoms with Crippen molar-refractivity contribution in [3.8, 4) is 28.7 Å². The molecule has 0 amide bonds. The lowest BCUT2D eigenvalue weighted by molar-refractivity contribution is 0.395. The minimum Gasteiger partial charge on any atom is -0.496 e. The van der Waals surface area contributed by atoms with Crippen molar-refractivity contribution >= 4 is 31.9 Å². The third-order valence-electron chi connectivity index (χ3n) is 9.50. The lowest BCUT2D eigenvalue weighted by Crippen LogP contribution is -2.07. The molecule has 7 heteroatoms. The van der Waals surface area contributed by atoms with Crippen LogP contribution in [0.3, 0.4) is 0 Å². The van der Waals surface area contributed by atoms with Crippen molar-refractivity contribution in [3.63, 3.8) is 0 Å². The summed E-state index contributed by atoms with van der Waals surface area (Å²) in [6, 6.07) is 21.9. The van der Waals surface area contributed by atoms with E-state index in [2.05, 4.69) is 113 Å². The summed E-state index contributed by atoms with van der Waals surface area (Å²) in [5.41, 5.74) is 14.4. The first-order valence-electron chi connectivity index (χ1n) is 16.7. The molecule has 5 aromatic carbocycles. The van der Waals surface area contributed by atoms with Crippen molar-refractivity contribution in [2.24, 2.45) is 0 Å². The van der Waals surface area contributed by atoms with Gasteiger partial charge in [0.15, 0.2) is 0 Å². The zero-order valence-corrected chi connectivity index (χ0v) is 33.3. The van der Waals surface area contributed by atoms with Gasteiger partial charge in [0, 0.05) is 63.3 Å². The van der Waals surface area contributed by atoms with E-state index in [0.717, 1.165) is 98.9 Å². The standard InChI is InChI=1S/C43H44Br2O5/c1-24-9-27-15-28-10-25(2)12-30(40(28)47-5)17-34-21-38(45)23-36(43(34)50-8)19-32-14-26(3)13-31(41(32)48-6)18-35-22-37(44)20-33(42(35)49-7)16-29(11-24)39(27)46-4/h9-14,20-23H,15-19H2,1-8H3. The maximum atomic E-state index is 6.21. The van der Waals surface area contributed by atoms with Crippen LogP contribution >= 0.6 is 31.9 Å². The Bertz CT molecular complexity index is 1620. The van der Waals surface area contributed by atoms with Gasteiger partial charge in [-0.25, -0.2) is 0 Å². The Morgan fingerprint density at radius 1 is 0.320 bits per heavy atom. The van der Waals surface area contributed by atoms with Gasteiger partial charge in [0.25, 0.3) is 0 Å². The Balaban J connectivity index is 1.66. The molecule has 1 aliphatic carbocycles. The van der Waals surface area contributed by atoms with E-state index in [9.17, 15) is 0 Å². The first kappa shape index (κ1) is 35.9. The van der Waals surface area contributed by atoms with Crippen LogP contribution in [0.15, 0.2) is 69.6 Å². The van der Waals surface area contributed by atoms with Crippen molar-refractivity contribution in [1.82, 2.24) is 0 Å². The van der Waals surface area contributed by atoms with E-state index in [1.54, 1.807) is 35.5 Å². The molecule has 0 unspecified atom stereocenters. The predicted octanol–water partition coefficient (Wildman–Crippen LogP) is 10.4. The zero-order valence-electron chi connectivity index (χ0n) is 30.1. The third kappa shape index (κ3) is 7.26. The summed E-state index contributed by atoms with van der Waals surface area (Å²) in [6.45, 7) is 6.43. The highest BCUT2D eigenvalue weighted by Crippen LogP contribution is 2.41. The molecule has 0 aromatic heterocycles. The molecule has 0 saturated carbocycles. The number of methoxy groups -OCH3 is 5. The second-order valence-electron chi connectivity index (χ2n) is 13.2.